The normalized spacial score (nSPS) is 10.3. The standard InChI is InChI=1S/C16H18N2O2S/c1-12(2)18-9-3-6-15(18)16(20)17-11-14-8-7-13(21-14)5-4-10-19/h3,6-9,12,19H,10-11H2,1-2H3,(H,17,20). The summed E-state index contributed by atoms with van der Waals surface area (Å²) < 4.78 is 1.95. The molecule has 0 aromatic carbocycles. The molecular weight excluding hydrogens is 284 g/mol. The molecule has 0 spiro atoms. The molecule has 2 aromatic heterocycles. The summed E-state index contributed by atoms with van der Waals surface area (Å²) in [5, 5.41) is 11.6. The lowest BCUT2D eigenvalue weighted by Gasteiger charge is -2.12. The van der Waals surface area contributed by atoms with Crippen LogP contribution in [0, 0.1) is 11.8 Å². The highest BCUT2D eigenvalue weighted by atomic mass is 32.1. The minimum Gasteiger partial charge on any atom is -0.384 e. The molecule has 2 rings (SSSR count). The van der Waals surface area contributed by atoms with E-state index >= 15 is 0 Å². The fourth-order valence-electron chi connectivity index (χ4n) is 1.96. The quantitative estimate of drug-likeness (QED) is 0.852. The molecule has 2 heterocycles. The predicted molar refractivity (Wildman–Crippen MR) is 84.3 cm³/mol. The van der Waals surface area contributed by atoms with Crippen molar-refractivity contribution in [2.24, 2.45) is 0 Å². The van der Waals surface area contributed by atoms with Gasteiger partial charge in [0.1, 0.15) is 12.3 Å². The van der Waals surface area contributed by atoms with Crippen molar-refractivity contribution >= 4 is 17.2 Å². The van der Waals surface area contributed by atoms with Crippen LogP contribution in [0.4, 0.5) is 0 Å². The lowest BCUT2D eigenvalue weighted by atomic mass is 10.3. The Morgan fingerprint density at radius 3 is 2.95 bits per heavy atom. The topological polar surface area (TPSA) is 54.3 Å². The molecule has 0 fully saturated rings. The Balaban J connectivity index is 1.98. The van der Waals surface area contributed by atoms with E-state index in [1.54, 1.807) is 0 Å². The molecule has 110 valence electrons. The molecule has 0 saturated carbocycles. The van der Waals surface area contributed by atoms with Gasteiger partial charge in [0.25, 0.3) is 5.91 Å². The molecule has 4 nitrogen and oxygen atoms in total. The van der Waals surface area contributed by atoms with Crippen LogP contribution < -0.4 is 5.32 Å². The lowest BCUT2D eigenvalue weighted by Crippen LogP contribution is -2.25. The average molecular weight is 302 g/mol. The van der Waals surface area contributed by atoms with Gasteiger partial charge in [0.05, 0.1) is 11.4 Å². The third-order valence-electron chi connectivity index (χ3n) is 2.94. The number of aromatic nitrogens is 1. The lowest BCUT2D eigenvalue weighted by molar-refractivity contribution is 0.0940. The summed E-state index contributed by atoms with van der Waals surface area (Å²) in [7, 11) is 0. The van der Waals surface area contributed by atoms with Crippen molar-refractivity contribution in [3.63, 3.8) is 0 Å². The maximum Gasteiger partial charge on any atom is 0.268 e. The molecule has 2 N–H and O–H groups in total. The second-order valence-electron chi connectivity index (χ2n) is 4.80. The third-order valence-corrected chi connectivity index (χ3v) is 3.94. The van der Waals surface area contributed by atoms with Crippen molar-refractivity contribution in [3.8, 4) is 11.8 Å². The number of nitrogens with zero attached hydrogens (tertiary/aromatic N) is 1. The highest BCUT2D eigenvalue weighted by molar-refractivity contribution is 7.12. The number of carbonyl (C=O) groups is 1. The monoisotopic (exact) mass is 302 g/mol. The summed E-state index contributed by atoms with van der Waals surface area (Å²) in [6.45, 7) is 4.42. The van der Waals surface area contributed by atoms with Gasteiger partial charge in [-0.25, -0.2) is 0 Å². The van der Waals surface area contributed by atoms with Crippen molar-refractivity contribution in [1.29, 1.82) is 0 Å². The maximum atomic E-state index is 12.2. The molecule has 0 aliphatic rings. The molecule has 0 radical (unpaired) electrons. The number of amides is 1. The molecule has 0 aliphatic carbocycles. The smallest absolute Gasteiger partial charge is 0.268 e. The molecule has 0 aliphatic heterocycles. The van der Waals surface area contributed by atoms with Crippen LogP contribution in [0.25, 0.3) is 0 Å². The van der Waals surface area contributed by atoms with E-state index < -0.39 is 0 Å². The molecule has 0 saturated heterocycles. The molecule has 5 heteroatoms. The van der Waals surface area contributed by atoms with Crippen LogP contribution in [0.1, 0.15) is 40.1 Å². The Labute approximate surface area is 128 Å². The number of carbonyl (C=O) groups excluding carboxylic acids is 1. The van der Waals surface area contributed by atoms with Crippen LogP contribution in [0.5, 0.6) is 0 Å². The highest BCUT2D eigenvalue weighted by Gasteiger charge is 2.12. The summed E-state index contributed by atoms with van der Waals surface area (Å²) in [6.07, 6.45) is 1.91. The first-order valence-corrected chi connectivity index (χ1v) is 7.57. The van der Waals surface area contributed by atoms with Crippen LogP contribution in [-0.2, 0) is 6.54 Å². The molecule has 21 heavy (non-hydrogen) atoms. The van der Waals surface area contributed by atoms with Gasteiger partial charge in [-0.1, -0.05) is 11.8 Å². The van der Waals surface area contributed by atoms with Gasteiger partial charge in [0.15, 0.2) is 0 Å². The second-order valence-corrected chi connectivity index (χ2v) is 5.97. The molecule has 2 aromatic rings. The first-order chi connectivity index (χ1) is 10.1. The Morgan fingerprint density at radius 2 is 2.24 bits per heavy atom. The minimum atomic E-state index is -0.143. The number of hydrogen-bond donors (Lipinski definition) is 2. The minimum absolute atomic E-state index is 0.0786. The van der Waals surface area contributed by atoms with Gasteiger partial charge in [-0.15, -0.1) is 11.3 Å². The van der Waals surface area contributed by atoms with E-state index in [-0.39, 0.29) is 18.6 Å². The van der Waals surface area contributed by atoms with E-state index in [1.807, 2.05) is 48.9 Å². The van der Waals surface area contributed by atoms with E-state index in [0.717, 1.165) is 9.75 Å². The number of aliphatic hydroxyl groups is 1. The van der Waals surface area contributed by atoms with Gasteiger partial charge in [-0.3, -0.25) is 4.79 Å². The fraction of sp³-hybridized carbons (Fsp3) is 0.312. The predicted octanol–water partition coefficient (Wildman–Crippen LogP) is 2.40. The van der Waals surface area contributed by atoms with Crippen LogP contribution in [0.3, 0.4) is 0 Å². The van der Waals surface area contributed by atoms with Crippen LogP contribution in [0.15, 0.2) is 30.5 Å². The number of aliphatic hydroxyl groups excluding tert-OH is 1. The van der Waals surface area contributed by atoms with Crippen molar-refractivity contribution in [2.75, 3.05) is 6.61 Å². The summed E-state index contributed by atoms with van der Waals surface area (Å²) in [4.78, 5) is 14.1. The second kappa shape index (κ2) is 7.11. The van der Waals surface area contributed by atoms with E-state index in [4.69, 9.17) is 5.11 Å². The molecule has 0 bridgehead atoms. The van der Waals surface area contributed by atoms with Gasteiger partial charge < -0.3 is 15.0 Å². The average Bonchev–Trinajstić information content (AvgIpc) is 3.11. The summed E-state index contributed by atoms with van der Waals surface area (Å²) in [5.74, 6) is 5.39. The third kappa shape index (κ3) is 3.97. The Kier molecular flexibility index (Phi) is 5.20. The zero-order chi connectivity index (χ0) is 15.2. The molecule has 0 atom stereocenters. The zero-order valence-corrected chi connectivity index (χ0v) is 12.9. The van der Waals surface area contributed by atoms with E-state index in [1.165, 1.54) is 11.3 Å². The van der Waals surface area contributed by atoms with Crippen molar-refractivity contribution in [1.82, 2.24) is 9.88 Å². The van der Waals surface area contributed by atoms with Crippen molar-refractivity contribution < 1.29 is 9.90 Å². The Morgan fingerprint density at radius 1 is 1.43 bits per heavy atom. The first-order valence-electron chi connectivity index (χ1n) is 6.75. The Hall–Kier alpha value is -2.03. The van der Waals surface area contributed by atoms with Crippen LogP contribution >= 0.6 is 11.3 Å². The number of thiophene rings is 1. The Bertz CT molecular complexity index is 674. The number of hydrogen-bond acceptors (Lipinski definition) is 3. The van der Waals surface area contributed by atoms with Gasteiger partial charge in [0, 0.05) is 17.1 Å². The number of rotatable bonds is 4. The van der Waals surface area contributed by atoms with Gasteiger partial charge in [0.2, 0.25) is 0 Å². The maximum absolute atomic E-state index is 12.2. The van der Waals surface area contributed by atoms with Crippen LogP contribution in [-0.4, -0.2) is 22.2 Å². The largest absolute Gasteiger partial charge is 0.384 e. The van der Waals surface area contributed by atoms with Gasteiger partial charge >= 0.3 is 0 Å². The van der Waals surface area contributed by atoms with Crippen molar-refractivity contribution in [2.45, 2.75) is 26.4 Å². The summed E-state index contributed by atoms with van der Waals surface area (Å²) in [5.41, 5.74) is 0.668. The van der Waals surface area contributed by atoms with E-state index in [2.05, 4.69) is 17.2 Å². The SMILES string of the molecule is CC(C)n1cccc1C(=O)NCc1ccc(C#CCO)s1. The zero-order valence-electron chi connectivity index (χ0n) is 12.1. The van der Waals surface area contributed by atoms with E-state index in [0.29, 0.717) is 12.2 Å². The summed E-state index contributed by atoms with van der Waals surface area (Å²) >= 11 is 1.52. The first kappa shape index (κ1) is 15.4. The number of nitrogens with one attached hydrogen (secondary N) is 1. The molecular formula is C16H18N2O2S. The van der Waals surface area contributed by atoms with Crippen LogP contribution in [0.2, 0.25) is 0 Å². The van der Waals surface area contributed by atoms with E-state index in [9.17, 15) is 4.79 Å². The molecule has 0 unspecified atom stereocenters. The highest BCUT2D eigenvalue weighted by Crippen LogP contribution is 2.16. The van der Waals surface area contributed by atoms with Gasteiger partial charge in [-0.2, -0.15) is 0 Å². The van der Waals surface area contributed by atoms with Gasteiger partial charge in [-0.05, 0) is 38.1 Å². The summed E-state index contributed by atoms with van der Waals surface area (Å²) in [6, 6.07) is 7.78. The fourth-order valence-corrected chi connectivity index (χ4v) is 2.78. The van der Waals surface area contributed by atoms with Crippen molar-refractivity contribution in [3.05, 3.63) is 45.9 Å². The molecule has 1 amide bonds.